The fourth-order valence-corrected chi connectivity index (χ4v) is 3.91. The third-order valence-electron chi connectivity index (χ3n) is 4.96. The Morgan fingerprint density at radius 2 is 2.00 bits per heavy atom. The number of hydrogen-bond donors (Lipinski definition) is 1. The molecule has 4 aliphatic heterocycles. The average molecular weight is 292 g/mol. The molecule has 4 atom stereocenters. The first-order valence-corrected chi connectivity index (χ1v) is 6.93. The molecule has 0 aliphatic carbocycles. The summed E-state index contributed by atoms with van der Waals surface area (Å²) in [5.74, 6) is -1.69. The van der Waals surface area contributed by atoms with E-state index in [9.17, 15) is 10.5 Å². The molecule has 0 amide bonds. The molecule has 4 bridgehead atoms. The summed E-state index contributed by atoms with van der Waals surface area (Å²) < 4.78 is 11.6. The fourth-order valence-electron chi connectivity index (χ4n) is 3.91. The summed E-state index contributed by atoms with van der Waals surface area (Å²) in [5.41, 5.74) is -1.94. The number of rotatable bonds is 1. The van der Waals surface area contributed by atoms with E-state index in [4.69, 9.17) is 14.9 Å². The van der Waals surface area contributed by atoms with Crippen LogP contribution < -0.4 is 0 Å². The predicted molar refractivity (Wildman–Crippen MR) is 75.9 cm³/mol. The number of benzene rings is 1. The third-order valence-corrected chi connectivity index (χ3v) is 4.96. The Labute approximate surface area is 127 Å². The largest absolute Gasteiger partial charge is 0.447 e. The smallest absolute Gasteiger partial charge is 0.218 e. The van der Waals surface area contributed by atoms with E-state index in [0.717, 1.165) is 5.56 Å². The number of nitrogens with zero attached hydrogens (tertiary/aromatic N) is 3. The standard InChI is InChI=1S/C16H12N4O2/c1-14-11(10-5-3-2-4-6-10)16(8-18)12(19)20-13(22-14)15(16,7-17)9-21-14/h2-6,11,19H,9H2,1H3/t11-,14+,15-,16+/m0/s1. The molecule has 5 rings (SSSR count). The van der Waals surface area contributed by atoms with Crippen LogP contribution in [0.3, 0.4) is 0 Å². The van der Waals surface area contributed by atoms with Crippen molar-refractivity contribution in [3.05, 3.63) is 35.9 Å². The van der Waals surface area contributed by atoms with Gasteiger partial charge in [0.15, 0.2) is 10.8 Å². The fraction of sp³-hybridized carbons (Fsp3) is 0.375. The number of ether oxygens (including phenoxy) is 2. The molecule has 0 unspecified atom stereocenters. The molecule has 0 saturated carbocycles. The summed E-state index contributed by atoms with van der Waals surface area (Å²) in [7, 11) is 0. The highest BCUT2D eigenvalue weighted by molar-refractivity contribution is 6.13. The lowest BCUT2D eigenvalue weighted by Crippen LogP contribution is -2.69. The van der Waals surface area contributed by atoms with Gasteiger partial charge in [0, 0.05) is 6.92 Å². The Morgan fingerprint density at radius 3 is 2.64 bits per heavy atom. The predicted octanol–water partition coefficient (Wildman–Crippen LogP) is 1.96. The molecule has 108 valence electrons. The quantitative estimate of drug-likeness (QED) is 0.854. The molecular formula is C16H12N4O2. The van der Waals surface area contributed by atoms with E-state index in [1.54, 1.807) is 6.92 Å². The SMILES string of the molecule is C[C@]12OC[C@@]3(C#N)C(=NC(=N)[C@@]3(C#N)[C@H]1c1ccccc1)O2. The van der Waals surface area contributed by atoms with Gasteiger partial charge in [-0.2, -0.15) is 15.5 Å². The minimum absolute atomic E-state index is 0.0120. The normalized spacial score (nSPS) is 41.3. The van der Waals surface area contributed by atoms with E-state index >= 15 is 0 Å². The van der Waals surface area contributed by atoms with Gasteiger partial charge in [0.25, 0.3) is 0 Å². The highest BCUT2D eigenvalue weighted by Gasteiger charge is 2.79. The van der Waals surface area contributed by atoms with Gasteiger partial charge in [-0.25, -0.2) is 0 Å². The summed E-state index contributed by atoms with van der Waals surface area (Å²) in [4.78, 5) is 4.09. The molecule has 22 heavy (non-hydrogen) atoms. The third kappa shape index (κ3) is 1.11. The second-order valence-electron chi connectivity index (χ2n) is 5.95. The number of nitrogens with one attached hydrogen (secondary N) is 1. The molecule has 3 fully saturated rings. The zero-order valence-electron chi connectivity index (χ0n) is 11.8. The summed E-state index contributed by atoms with van der Waals surface area (Å²) in [6, 6.07) is 13.7. The molecule has 0 spiro atoms. The van der Waals surface area contributed by atoms with Crippen LogP contribution in [0.1, 0.15) is 18.4 Å². The van der Waals surface area contributed by atoms with Crippen molar-refractivity contribution in [3.63, 3.8) is 0 Å². The molecule has 0 aromatic heterocycles. The van der Waals surface area contributed by atoms with Crippen LogP contribution in [0.2, 0.25) is 0 Å². The van der Waals surface area contributed by atoms with E-state index in [1.165, 1.54) is 0 Å². The van der Waals surface area contributed by atoms with Gasteiger partial charge in [0.1, 0.15) is 5.84 Å². The van der Waals surface area contributed by atoms with Crippen LogP contribution in [0.4, 0.5) is 0 Å². The lowest BCUT2D eigenvalue weighted by atomic mass is 9.52. The van der Waals surface area contributed by atoms with Crippen molar-refractivity contribution in [2.24, 2.45) is 15.8 Å². The molecular weight excluding hydrogens is 280 g/mol. The number of fused-ring (bicyclic) bond motifs is 1. The molecule has 4 aliphatic rings. The minimum atomic E-state index is -1.39. The Bertz CT molecular complexity index is 806. The Hall–Kier alpha value is -2.70. The van der Waals surface area contributed by atoms with Gasteiger partial charge < -0.3 is 9.47 Å². The van der Waals surface area contributed by atoms with Gasteiger partial charge >= 0.3 is 0 Å². The van der Waals surface area contributed by atoms with Crippen LogP contribution >= 0.6 is 0 Å². The summed E-state index contributed by atoms with van der Waals surface area (Å²) in [5, 5.41) is 28.0. The van der Waals surface area contributed by atoms with Crippen LogP contribution in [-0.4, -0.2) is 24.1 Å². The number of amidine groups is 1. The summed E-state index contributed by atoms with van der Waals surface area (Å²) in [6.45, 7) is 1.75. The molecule has 4 heterocycles. The molecule has 1 aromatic rings. The lowest BCUT2D eigenvalue weighted by Gasteiger charge is -2.57. The monoisotopic (exact) mass is 292 g/mol. The Morgan fingerprint density at radius 1 is 1.27 bits per heavy atom. The second-order valence-corrected chi connectivity index (χ2v) is 5.95. The van der Waals surface area contributed by atoms with Gasteiger partial charge in [-0.1, -0.05) is 30.3 Å². The van der Waals surface area contributed by atoms with Crippen molar-refractivity contribution in [1.29, 1.82) is 15.9 Å². The summed E-state index contributed by atoms with van der Waals surface area (Å²) >= 11 is 0. The van der Waals surface area contributed by atoms with Gasteiger partial charge in [-0.15, -0.1) is 0 Å². The second kappa shape index (κ2) is 3.73. The first-order chi connectivity index (χ1) is 10.5. The van der Waals surface area contributed by atoms with E-state index in [1.807, 2.05) is 30.3 Å². The molecule has 6 heteroatoms. The van der Waals surface area contributed by atoms with Crippen molar-refractivity contribution >= 4 is 11.7 Å². The molecule has 3 saturated heterocycles. The first-order valence-electron chi connectivity index (χ1n) is 6.93. The van der Waals surface area contributed by atoms with Gasteiger partial charge in [0.2, 0.25) is 11.7 Å². The van der Waals surface area contributed by atoms with Crippen LogP contribution in [0, 0.1) is 38.9 Å². The molecule has 0 radical (unpaired) electrons. The maximum Gasteiger partial charge on any atom is 0.218 e. The first kappa shape index (κ1) is 13.0. The maximum atomic E-state index is 9.98. The number of nitriles is 2. The highest BCUT2D eigenvalue weighted by atomic mass is 16.7. The van der Waals surface area contributed by atoms with Crippen LogP contribution in [-0.2, 0) is 9.47 Å². The minimum Gasteiger partial charge on any atom is -0.447 e. The zero-order chi connectivity index (χ0) is 15.6. The topological polar surface area (TPSA) is 102 Å². The number of hydrogen-bond acceptors (Lipinski definition) is 5. The van der Waals surface area contributed by atoms with E-state index < -0.39 is 22.5 Å². The Balaban J connectivity index is 2.06. The van der Waals surface area contributed by atoms with Crippen LogP contribution in [0.15, 0.2) is 35.3 Å². The van der Waals surface area contributed by atoms with Crippen molar-refractivity contribution in [2.75, 3.05) is 6.61 Å². The van der Waals surface area contributed by atoms with Crippen molar-refractivity contribution in [3.8, 4) is 12.1 Å². The van der Waals surface area contributed by atoms with Crippen LogP contribution in [0.5, 0.6) is 0 Å². The van der Waals surface area contributed by atoms with Gasteiger partial charge in [-0.05, 0) is 5.56 Å². The maximum absolute atomic E-state index is 9.98. The molecule has 1 N–H and O–H groups in total. The van der Waals surface area contributed by atoms with Crippen molar-refractivity contribution in [1.82, 2.24) is 0 Å². The van der Waals surface area contributed by atoms with Crippen LogP contribution in [0.25, 0.3) is 0 Å². The van der Waals surface area contributed by atoms with E-state index in [0.29, 0.717) is 0 Å². The molecule has 6 nitrogen and oxygen atoms in total. The van der Waals surface area contributed by atoms with Crippen molar-refractivity contribution < 1.29 is 9.47 Å². The van der Waals surface area contributed by atoms with E-state index in [2.05, 4.69) is 17.1 Å². The van der Waals surface area contributed by atoms with E-state index in [-0.39, 0.29) is 18.3 Å². The molecule has 1 aromatic carbocycles. The Kier molecular flexibility index (Phi) is 2.21. The highest BCUT2D eigenvalue weighted by Crippen LogP contribution is 2.66. The number of aliphatic imine (C=N–C) groups is 1. The summed E-state index contributed by atoms with van der Waals surface area (Å²) in [6.07, 6.45) is 0. The zero-order valence-corrected chi connectivity index (χ0v) is 11.8. The van der Waals surface area contributed by atoms with Crippen molar-refractivity contribution in [2.45, 2.75) is 18.6 Å². The lowest BCUT2D eigenvalue weighted by molar-refractivity contribution is -0.280. The van der Waals surface area contributed by atoms with Gasteiger partial charge in [-0.3, -0.25) is 5.41 Å². The van der Waals surface area contributed by atoms with Gasteiger partial charge in [0.05, 0.1) is 24.7 Å². The average Bonchev–Trinajstić information content (AvgIpc) is 2.72.